The lowest BCUT2D eigenvalue weighted by Gasteiger charge is -2.02. The molecule has 2 heterocycles. The van der Waals surface area contributed by atoms with E-state index < -0.39 is 5.97 Å². The van der Waals surface area contributed by atoms with E-state index in [0.717, 1.165) is 15.8 Å². The molecule has 6 nitrogen and oxygen atoms in total. The Morgan fingerprint density at radius 1 is 1.48 bits per heavy atom. The Morgan fingerprint density at radius 3 is 2.81 bits per heavy atom. The van der Waals surface area contributed by atoms with Gasteiger partial charge in [0.25, 0.3) is 0 Å². The summed E-state index contributed by atoms with van der Waals surface area (Å²) in [6.07, 6.45) is 1.59. The van der Waals surface area contributed by atoms with Crippen LogP contribution in [-0.4, -0.2) is 32.7 Å². The number of nitrogens with one attached hydrogen (secondary N) is 1. The van der Waals surface area contributed by atoms with Crippen molar-refractivity contribution in [3.63, 3.8) is 0 Å². The lowest BCUT2D eigenvalue weighted by atomic mass is 10.4. The van der Waals surface area contributed by atoms with Gasteiger partial charge in [-0.1, -0.05) is 11.8 Å². The molecule has 2 rings (SSSR count). The highest BCUT2D eigenvalue weighted by Crippen LogP contribution is 2.27. The minimum absolute atomic E-state index is 0.143. The van der Waals surface area contributed by atoms with Crippen LogP contribution in [0, 0.1) is 6.92 Å². The molecule has 0 aliphatic rings. The third-order valence-electron chi connectivity index (χ3n) is 2.29. The quantitative estimate of drug-likeness (QED) is 0.765. The van der Waals surface area contributed by atoms with Crippen LogP contribution in [0.5, 0.6) is 0 Å². The molecular formula is C12H10BrN3O3S2. The third-order valence-corrected chi connectivity index (χ3v) is 5.05. The van der Waals surface area contributed by atoms with Crippen LogP contribution in [0.4, 0.5) is 5.82 Å². The number of carboxylic acid groups (broad SMARTS) is 1. The van der Waals surface area contributed by atoms with Gasteiger partial charge in [0, 0.05) is 10.7 Å². The molecule has 9 heteroatoms. The molecule has 0 saturated carbocycles. The van der Waals surface area contributed by atoms with Crippen molar-refractivity contribution in [2.75, 3.05) is 11.1 Å². The van der Waals surface area contributed by atoms with Gasteiger partial charge in [0.15, 0.2) is 4.34 Å². The van der Waals surface area contributed by atoms with E-state index in [-0.39, 0.29) is 16.5 Å². The van der Waals surface area contributed by atoms with Crippen LogP contribution in [0.3, 0.4) is 0 Å². The summed E-state index contributed by atoms with van der Waals surface area (Å²) in [5, 5.41) is 11.6. The van der Waals surface area contributed by atoms with Crippen LogP contribution in [-0.2, 0) is 4.79 Å². The van der Waals surface area contributed by atoms with Gasteiger partial charge in [0.1, 0.15) is 10.7 Å². The van der Waals surface area contributed by atoms with E-state index in [2.05, 4.69) is 31.2 Å². The first kappa shape index (κ1) is 15.9. The average Bonchev–Trinajstić information content (AvgIpc) is 2.81. The van der Waals surface area contributed by atoms with Crippen LogP contribution in [0.1, 0.15) is 15.4 Å². The number of anilines is 1. The van der Waals surface area contributed by atoms with Gasteiger partial charge in [-0.2, -0.15) is 0 Å². The van der Waals surface area contributed by atoms with Gasteiger partial charge >= 0.3 is 5.97 Å². The summed E-state index contributed by atoms with van der Waals surface area (Å²) >= 11 is 5.53. The highest BCUT2D eigenvalue weighted by Gasteiger charge is 2.15. The van der Waals surface area contributed by atoms with Crippen molar-refractivity contribution in [1.29, 1.82) is 0 Å². The summed E-state index contributed by atoms with van der Waals surface area (Å²) in [6.45, 7) is 1.63. The van der Waals surface area contributed by atoms with Gasteiger partial charge in [-0.05, 0) is 35.0 Å². The number of pyridine rings is 1. The molecule has 2 aromatic rings. The number of aromatic carboxylic acids is 1. The first-order valence-electron chi connectivity index (χ1n) is 5.70. The number of aryl methyl sites for hydroxylation is 1. The van der Waals surface area contributed by atoms with Crippen LogP contribution in [0.2, 0.25) is 0 Å². The fourth-order valence-corrected chi connectivity index (χ4v) is 3.45. The second-order valence-electron chi connectivity index (χ2n) is 3.90. The van der Waals surface area contributed by atoms with Crippen molar-refractivity contribution in [3.05, 3.63) is 33.4 Å². The van der Waals surface area contributed by atoms with E-state index in [1.807, 2.05) is 0 Å². The van der Waals surface area contributed by atoms with Gasteiger partial charge < -0.3 is 10.4 Å². The molecule has 21 heavy (non-hydrogen) atoms. The minimum Gasteiger partial charge on any atom is -0.477 e. The number of rotatable bonds is 5. The van der Waals surface area contributed by atoms with Crippen molar-refractivity contribution in [2.24, 2.45) is 0 Å². The number of amides is 1. The van der Waals surface area contributed by atoms with Gasteiger partial charge in [-0.25, -0.2) is 14.8 Å². The first-order valence-corrected chi connectivity index (χ1v) is 8.30. The summed E-state index contributed by atoms with van der Waals surface area (Å²) in [6, 6.07) is 3.46. The molecule has 0 aliphatic heterocycles. The molecule has 0 atom stereocenters. The lowest BCUT2D eigenvalue weighted by molar-refractivity contribution is -0.113. The Bertz CT molecular complexity index is 673. The summed E-state index contributed by atoms with van der Waals surface area (Å²) in [4.78, 5) is 31.0. The number of carbonyl (C=O) groups excluding carboxylic acids is 1. The van der Waals surface area contributed by atoms with Crippen LogP contribution < -0.4 is 5.32 Å². The second-order valence-corrected chi connectivity index (χ2v) is 7.04. The average molecular weight is 388 g/mol. The number of carbonyl (C=O) groups is 2. The SMILES string of the molecule is Cc1nc(SCC(=O)Nc2ccc(Br)cn2)sc1C(=O)O. The molecule has 1 amide bonds. The molecular weight excluding hydrogens is 378 g/mol. The van der Waals surface area contributed by atoms with Crippen LogP contribution in [0.25, 0.3) is 0 Å². The van der Waals surface area contributed by atoms with Gasteiger partial charge in [0.05, 0.1) is 11.4 Å². The Hall–Kier alpha value is -1.45. The number of carboxylic acids is 1. The van der Waals surface area contributed by atoms with Crippen molar-refractivity contribution < 1.29 is 14.7 Å². The first-order chi connectivity index (χ1) is 9.95. The van der Waals surface area contributed by atoms with Crippen molar-refractivity contribution in [3.8, 4) is 0 Å². The highest BCUT2D eigenvalue weighted by atomic mass is 79.9. The smallest absolute Gasteiger partial charge is 0.347 e. The summed E-state index contributed by atoms with van der Waals surface area (Å²) < 4.78 is 1.39. The molecule has 0 radical (unpaired) electrons. The maximum Gasteiger partial charge on any atom is 0.347 e. The second kappa shape index (κ2) is 7.01. The Kier molecular flexibility index (Phi) is 5.32. The zero-order valence-electron chi connectivity index (χ0n) is 10.8. The molecule has 2 aromatic heterocycles. The van der Waals surface area contributed by atoms with Crippen LogP contribution in [0.15, 0.2) is 27.1 Å². The molecule has 0 unspecified atom stereocenters. The molecule has 0 aliphatic carbocycles. The number of nitrogens with zero attached hydrogens (tertiary/aromatic N) is 2. The maximum absolute atomic E-state index is 11.8. The summed E-state index contributed by atoms with van der Waals surface area (Å²) in [7, 11) is 0. The topological polar surface area (TPSA) is 92.2 Å². The Labute approximate surface area is 137 Å². The van der Waals surface area contributed by atoms with E-state index in [4.69, 9.17) is 5.11 Å². The number of halogens is 1. The molecule has 0 fully saturated rings. The highest BCUT2D eigenvalue weighted by molar-refractivity contribution is 9.10. The predicted octanol–water partition coefficient (Wildman–Crippen LogP) is 3.04. The zero-order valence-corrected chi connectivity index (χ0v) is 14.0. The van der Waals surface area contributed by atoms with Gasteiger partial charge in [0.2, 0.25) is 5.91 Å². The molecule has 0 bridgehead atoms. The molecule has 0 aromatic carbocycles. The third kappa shape index (κ3) is 4.51. The van der Waals surface area contributed by atoms with E-state index in [9.17, 15) is 9.59 Å². The van der Waals surface area contributed by atoms with E-state index in [1.165, 1.54) is 11.8 Å². The fraction of sp³-hybridized carbons (Fsp3) is 0.167. The minimum atomic E-state index is -1.000. The molecule has 2 N–H and O–H groups in total. The number of aromatic nitrogens is 2. The lowest BCUT2D eigenvalue weighted by Crippen LogP contribution is -2.14. The Morgan fingerprint density at radius 2 is 2.24 bits per heavy atom. The largest absolute Gasteiger partial charge is 0.477 e. The number of hydrogen-bond acceptors (Lipinski definition) is 6. The fourth-order valence-electron chi connectivity index (χ4n) is 1.39. The van der Waals surface area contributed by atoms with E-state index in [1.54, 1.807) is 25.3 Å². The molecule has 0 saturated heterocycles. The number of thiazole rings is 1. The molecule has 110 valence electrons. The van der Waals surface area contributed by atoms with Crippen molar-refractivity contribution >= 4 is 56.7 Å². The van der Waals surface area contributed by atoms with Crippen LogP contribution >= 0.6 is 39.0 Å². The van der Waals surface area contributed by atoms with E-state index >= 15 is 0 Å². The predicted molar refractivity (Wildman–Crippen MR) is 85.1 cm³/mol. The van der Waals surface area contributed by atoms with E-state index in [0.29, 0.717) is 15.9 Å². The van der Waals surface area contributed by atoms with Gasteiger partial charge in [-0.15, -0.1) is 11.3 Å². The Balaban J connectivity index is 1.90. The summed E-state index contributed by atoms with van der Waals surface area (Å²) in [5.74, 6) is -0.616. The monoisotopic (exact) mass is 387 g/mol. The number of hydrogen-bond donors (Lipinski definition) is 2. The summed E-state index contributed by atoms with van der Waals surface area (Å²) in [5.41, 5.74) is 0.463. The van der Waals surface area contributed by atoms with Gasteiger partial charge in [-0.3, -0.25) is 4.79 Å². The molecule has 0 spiro atoms. The van der Waals surface area contributed by atoms with Crippen molar-refractivity contribution in [1.82, 2.24) is 9.97 Å². The zero-order chi connectivity index (χ0) is 15.4. The normalized spacial score (nSPS) is 10.4. The standard InChI is InChI=1S/C12H10BrN3O3S2/c1-6-10(11(18)19)21-12(15-6)20-5-9(17)16-8-3-2-7(13)4-14-8/h2-4H,5H2,1H3,(H,18,19)(H,14,16,17). The van der Waals surface area contributed by atoms with Crippen molar-refractivity contribution in [2.45, 2.75) is 11.3 Å². The maximum atomic E-state index is 11.8. The number of thioether (sulfide) groups is 1.